The molecule has 0 aliphatic rings. The highest BCUT2D eigenvalue weighted by Gasteiger charge is 2.15. The first-order chi connectivity index (χ1) is 8.18. The van der Waals surface area contributed by atoms with E-state index in [1.54, 1.807) is 31.2 Å². The molecule has 1 amide bonds. The van der Waals surface area contributed by atoms with Crippen molar-refractivity contribution in [1.82, 2.24) is 5.32 Å². The summed E-state index contributed by atoms with van der Waals surface area (Å²) in [5.74, 6) is -0.349. The molecule has 1 N–H and O–H groups in total. The van der Waals surface area contributed by atoms with Crippen molar-refractivity contribution in [3.8, 4) is 0 Å². The van der Waals surface area contributed by atoms with E-state index >= 15 is 0 Å². The summed E-state index contributed by atoms with van der Waals surface area (Å²) in [6.07, 6.45) is 1.53. The lowest BCUT2D eigenvalue weighted by Crippen LogP contribution is -2.27. The molecule has 0 bridgehead atoms. The van der Waals surface area contributed by atoms with Gasteiger partial charge in [-0.15, -0.1) is 0 Å². The summed E-state index contributed by atoms with van der Waals surface area (Å²) in [7, 11) is 0. The number of rotatable bonds is 3. The van der Waals surface area contributed by atoms with Gasteiger partial charge in [-0.2, -0.15) is 0 Å². The standard InChI is InChI=1S/C13H12FNO2/c1-9(12-7-4-8-17-12)15-13(16)10-5-2-3-6-11(10)14/h2-9H,1H3,(H,15,16). The van der Waals surface area contributed by atoms with E-state index in [0.717, 1.165) is 0 Å². The minimum absolute atomic E-state index is 0.0332. The monoisotopic (exact) mass is 233 g/mol. The van der Waals surface area contributed by atoms with Crippen LogP contribution < -0.4 is 5.32 Å². The topological polar surface area (TPSA) is 42.2 Å². The van der Waals surface area contributed by atoms with Crippen LogP contribution in [0.5, 0.6) is 0 Å². The number of carbonyl (C=O) groups excluding carboxylic acids is 1. The zero-order valence-electron chi connectivity index (χ0n) is 9.31. The normalized spacial score (nSPS) is 12.1. The zero-order valence-corrected chi connectivity index (χ0v) is 9.31. The molecule has 1 unspecified atom stereocenters. The number of carbonyl (C=O) groups is 1. The maximum Gasteiger partial charge on any atom is 0.254 e. The van der Waals surface area contributed by atoms with Gasteiger partial charge in [0.1, 0.15) is 11.6 Å². The van der Waals surface area contributed by atoms with E-state index in [1.807, 2.05) is 0 Å². The molecular weight excluding hydrogens is 221 g/mol. The van der Waals surface area contributed by atoms with Gasteiger partial charge in [0, 0.05) is 0 Å². The summed E-state index contributed by atoms with van der Waals surface area (Å²) in [6, 6.07) is 9.06. The fraction of sp³-hybridized carbons (Fsp3) is 0.154. The molecule has 0 fully saturated rings. The van der Waals surface area contributed by atoms with E-state index < -0.39 is 11.7 Å². The van der Waals surface area contributed by atoms with Crippen molar-refractivity contribution in [2.24, 2.45) is 0 Å². The van der Waals surface area contributed by atoms with Crippen molar-refractivity contribution in [2.45, 2.75) is 13.0 Å². The summed E-state index contributed by atoms with van der Waals surface area (Å²) in [4.78, 5) is 11.8. The van der Waals surface area contributed by atoms with Gasteiger partial charge in [-0.3, -0.25) is 4.79 Å². The molecule has 3 nitrogen and oxygen atoms in total. The summed E-state index contributed by atoms with van der Waals surface area (Å²) in [6.45, 7) is 1.78. The van der Waals surface area contributed by atoms with Crippen molar-refractivity contribution in [2.75, 3.05) is 0 Å². The van der Waals surface area contributed by atoms with Crippen LogP contribution >= 0.6 is 0 Å². The Kier molecular flexibility index (Phi) is 3.23. The largest absolute Gasteiger partial charge is 0.467 e. The minimum atomic E-state index is -0.531. The van der Waals surface area contributed by atoms with Crippen LogP contribution in [-0.2, 0) is 0 Å². The Labute approximate surface area is 98.3 Å². The second kappa shape index (κ2) is 4.82. The fourth-order valence-electron chi connectivity index (χ4n) is 1.53. The van der Waals surface area contributed by atoms with Crippen LogP contribution in [0.25, 0.3) is 0 Å². The number of hydrogen-bond acceptors (Lipinski definition) is 2. The van der Waals surface area contributed by atoms with Crippen molar-refractivity contribution in [3.63, 3.8) is 0 Å². The highest BCUT2D eigenvalue weighted by atomic mass is 19.1. The third-order valence-corrected chi connectivity index (χ3v) is 2.44. The molecule has 1 aromatic carbocycles. The number of halogens is 1. The van der Waals surface area contributed by atoms with Crippen LogP contribution in [-0.4, -0.2) is 5.91 Å². The first-order valence-electron chi connectivity index (χ1n) is 5.27. The molecule has 0 aliphatic carbocycles. The Hall–Kier alpha value is -2.10. The quantitative estimate of drug-likeness (QED) is 0.885. The molecule has 0 saturated heterocycles. The molecule has 1 atom stereocenters. The minimum Gasteiger partial charge on any atom is -0.467 e. The zero-order chi connectivity index (χ0) is 12.3. The molecule has 0 aliphatic heterocycles. The lowest BCUT2D eigenvalue weighted by atomic mass is 10.1. The molecular formula is C13H12FNO2. The SMILES string of the molecule is CC(NC(=O)c1ccccc1F)c1ccco1. The van der Waals surface area contributed by atoms with Gasteiger partial charge in [0.05, 0.1) is 17.9 Å². The van der Waals surface area contributed by atoms with Gasteiger partial charge >= 0.3 is 0 Å². The van der Waals surface area contributed by atoms with Crippen molar-refractivity contribution in [1.29, 1.82) is 0 Å². The average molecular weight is 233 g/mol. The molecule has 0 spiro atoms. The first kappa shape index (κ1) is 11.4. The van der Waals surface area contributed by atoms with E-state index in [2.05, 4.69) is 5.32 Å². The number of nitrogens with one attached hydrogen (secondary N) is 1. The molecule has 0 radical (unpaired) electrons. The Morgan fingerprint density at radius 2 is 2.06 bits per heavy atom. The first-order valence-corrected chi connectivity index (χ1v) is 5.27. The number of hydrogen-bond donors (Lipinski definition) is 1. The maximum atomic E-state index is 13.3. The average Bonchev–Trinajstić information content (AvgIpc) is 2.82. The van der Waals surface area contributed by atoms with Crippen LogP contribution in [0, 0.1) is 5.82 Å². The number of benzene rings is 1. The smallest absolute Gasteiger partial charge is 0.254 e. The molecule has 17 heavy (non-hydrogen) atoms. The molecule has 2 aromatic rings. The highest BCUT2D eigenvalue weighted by Crippen LogP contribution is 2.14. The fourth-order valence-corrected chi connectivity index (χ4v) is 1.53. The van der Waals surface area contributed by atoms with Gasteiger partial charge in [-0.05, 0) is 31.2 Å². The van der Waals surface area contributed by atoms with E-state index in [0.29, 0.717) is 5.76 Å². The second-order valence-corrected chi connectivity index (χ2v) is 3.69. The van der Waals surface area contributed by atoms with Crippen LogP contribution in [0.15, 0.2) is 47.1 Å². The molecule has 2 rings (SSSR count). The van der Waals surface area contributed by atoms with Crippen LogP contribution in [0.3, 0.4) is 0 Å². The molecule has 88 valence electrons. The van der Waals surface area contributed by atoms with E-state index in [9.17, 15) is 9.18 Å². The van der Waals surface area contributed by atoms with Crippen molar-refractivity contribution in [3.05, 3.63) is 59.8 Å². The second-order valence-electron chi connectivity index (χ2n) is 3.69. The summed E-state index contributed by atoms with van der Waals surface area (Å²) in [5.41, 5.74) is 0.0332. The Bertz CT molecular complexity index is 508. The predicted molar refractivity (Wildman–Crippen MR) is 61.0 cm³/mol. The summed E-state index contributed by atoms with van der Waals surface area (Å²) in [5, 5.41) is 2.67. The van der Waals surface area contributed by atoms with Crippen molar-refractivity contribution < 1.29 is 13.6 Å². The van der Waals surface area contributed by atoms with Gasteiger partial charge in [-0.1, -0.05) is 12.1 Å². The Morgan fingerprint density at radius 3 is 2.71 bits per heavy atom. The Balaban J connectivity index is 2.10. The van der Waals surface area contributed by atoms with Gasteiger partial charge in [-0.25, -0.2) is 4.39 Å². The van der Waals surface area contributed by atoms with Gasteiger partial charge in [0.15, 0.2) is 0 Å². The predicted octanol–water partition coefficient (Wildman–Crippen LogP) is 2.91. The molecule has 4 heteroatoms. The van der Waals surface area contributed by atoms with E-state index in [1.165, 1.54) is 18.4 Å². The van der Waals surface area contributed by atoms with E-state index in [4.69, 9.17) is 4.42 Å². The van der Waals surface area contributed by atoms with Gasteiger partial charge < -0.3 is 9.73 Å². The number of amides is 1. The molecule has 1 aromatic heterocycles. The van der Waals surface area contributed by atoms with Crippen LogP contribution in [0.2, 0.25) is 0 Å². The molecule has 1 heterocycles. The third-order valence-electron chi connectivity index (χ3n) is 2.44. The summed E-state index contributed by atoms with van der Waals surface area (Å²) < 4.78 is 18.5. The van der Waals surface area contributed by atoms with Gasteiger partial charge in [0.2, 0.25) is 0 Å². The van der Waals surface area contributed by atoms with Crippen LogP contribution in [0.1, 0.15) is 29.1 Å². The number of furan rings is 1. The van der Waals surface area contributed by atoms with E-state index in [-0.39, 0.29) is 11.6 Å². The van der Waals surface area contributed by atoms with Crippen molar-refractivity contribution >= 4 is 5.91 Å². The lowest BCUT2D eigenvalue weighted by molar-refractivity contribution is 0.0931. The van der Waals surface area contributed by atoms with Crippen LogP contribution in [0.4, 0.5) is 4.39 Å². The summed E-state index contributed by atoms with van der Waals surface area (Å²) >= 11 is 0. The third kappa shape index (κ3) is 2.53. The lowest BCUT2D eigenvalue weighted by Gasteiger charge is -2.11. The maximum absolute atomic E-state index is 13.3. The van der Waals surface area contributed by atoms with Gasteiger partial charge in [0.25, 0.3) is 5.91 Å². The molecule has 0 saturated carbocycles. The highest BCUT2D eigenvalue weighted by molar-refractivity contribution is 5.94. The Morgan fingerprint density at radius 1 is 1.29 bits per heavy atom.